The molecule has 0 aliphatic carbocycles. The molecule has 4 rings (SSSR count). The van der Waals surface area contributed by atoms with Crippen molar-refractivity contribution in [3.8, 4) is 5.75 Å². The first-order valence-electron chi connectivity index (χ1n) is 24.3. The van der Waals surface area contributed by atoms with Crippen molar-refractivity contribution in [1.82, 2.24) is 4.31 Å². The van der Waals surface area contributed by atoms with Crippen molar-refractivity contribution in [2.75, 3.05) is 24.2 Å². The Morgan fingerprint density at radius 1 is 0.676 bits per heavy atom. The van der Waals surface area contributed by atoms with Gasteiger partial charge in [0.1, 0.15) is 31.8 Å². The van der Waals surface area contributed by atoms with E-state index in [-0.39, 0.29) is 44.9 Å². The minimum absolute atomic E-state index is 0.0625. The molecule has 0 bridgehead atoms. The second-order valence-corrected chi connectivity index (χ2v) is 23.9. The van der Waals surface area contributed by atoms with Crippen LogP contribution in [0.5, 0.6) is 5.75 Å². The zero-order valence-corrected chi connectivity index (χ0v) is 44.1. The summed E-state index contributed by atoms with van der Waals surface area (Å²) in [6.07, 6.45) is 19.6. The molecule has 2 amide bonds. The fraction of sp³-hybridized carbons (Fsp3) is 0.510. The van der Waals surface area contributed by atoms with Gasteiger partial charge < -0.3 is 24.8 Å². The summed E-state index contributed by atoms with van der Waals surface area (Å²) in [5, 5.41) is 23.3. The lowest BCUT2D eigenvalue weighted by Crippen LogP contribution is -2.38. The Morgan fingerprint density at radius 2 is 1.20 bits per heavy atom. The normalized spacial score (nSPS) is 13.0. The first-order valence-corrected chi connectivity index (χ1v) is 28.6. The Balaban J connectivity index is 1.37. The molecule has 1 atom stereocenters. The highest BCUT2D eigenvalue weighted by Crippen LogP contribution is 2.45. The van der Waals surface area contributed by atoms with E-state index in [1.165, 1.54) is 130 Å². The van der Waals surface area contributed by atoms with E-state index in [1.807, 2.05) is 0 Å². The third kappa shape index (κ3) is 17.9. The van der Waals surface area contributed by atoms with E-state index >= 15 is 0 Å². The lowest BCUT2D eigenvalue weighted by Gasteiger charge is -2.24. The van der Waals surface area contributed by atoms with Crippen molar-refractivity contribution in [3.63, 3.8) is 0 Å². The first kappa shape index (κ1) is 58.5. The number of benzene rings is 4. The Hall–Kier alpha value is -5.12. The third-order valence-corrected chi connectivity index (χ3v) is 15.7. The van der Waals surface area contributed by atoms with E-state index in [1.54, 1.807) is 27.8 Å². The summed E-state index contributed by atoms with van der Waals surface area (Å²) in [7, 11) is -12.8. The number of rotatable bonds is 29. The van der Waals surface area contributed by atoms with Crippen molar-refractivity contribution in [1.29, 1.82) is 0 Å². The highest BCUT2D eigenvalue weighted by molar-refractivity contribution is 7.89. The summed E-state index contributed by atoms with van der Waals surface area (Å²) in [4.78, 5) is 37.5. The number of carbonyl (C=O) groups excluding carboxylic acids is 3. The molecule has 0 fully saturated rings. The lowest BCUT2D eigenvalue weighted by atomic mass is 9.80. The number of phenolic OH excluding ortho intramolecular Hbond substituents is 1. The molecule has 1 unspecified atom stereocenters. The molecule has 4 aromatic rings. The molecule has 4 aromatic carbocycles. The number of nitrogens with zero attached hydrogens (tertiary/aromatic N) is 3. The molecule has 0 saturated heterocycles. The van der Waals surface area contributed by atoms with Gasteiger partial charge in [-0.05, 0) is 78.4 Å². The molecular formula is C51H69N5O12S3-2. The van der Waals surface area contributed by atoms with E-state index in [0.29, 0.717) is 18.2 Å². The molecule has 0 radical (unpaired) electrons. The fourth-order valence-corrected chi connectivity index (χ4v) is 10.6. The molecule has 17 nitrogen and oxygen atoms in total. The second-order valence-electron chi connectivity index (χ2n) is 19.1. The summed E-state index contributed by atoms with van der Waals surface area (Å²) in [5.41, 5.74) is -1.28. The number of ketones is 1. The predicted molar refractivity (Wildman–Crippen MR) is 273 cm³/mol. The number of sulfonamides is 1. The SMILES string of the molecule is CCCCCCCCCCCCCCCCCCN(C)S(=O)(=O)c1ccc(NC(=O)C(Cc2ccc(N=Nc3c(S(=O)(=O)[O-])cc4cc(S(=O)(=O)[O-])cc(NC(C)=O)c4c3O)cc2)C(=O)C(C)(C)C)cc1. The van der Waals surface area contributed by atoms with Crippen LogP contribution in [0.25, 0.3) is 10.8 Å². The third-order valence-electron chi connectivity index (χ3n) is 12.2. The number of hydrogen-bond acceptors (Lipinski definition) is 14. The van der Waals surface area contributed by atoms with Crippen molar-refractivity contribution < 1.29 is 53.8 Å². The largest absolute Gasteiger partial charge is 0.744 e. The molecule has 3 N–H and O–H groups in total. The van der Waals surface area contributed by atoms with Gasteiger partial charge in [-0.3, -0.25) is 14.4 Å². The molecular weight excluding hydrogens is 971 g/mol. The Labute approximate surface area is 419 Å². The first-order chi connectivity index (χ1) is 33.3. The summed E-state index contributed by atoms with van der Waals surface area (Å²) in [5.74, 6) is -3.88. The van der Waals surface area contributed by atoms with Crippen LogP contribution in [0.1, 0.15) is 143 Å². The highest BCUT2D eigenvalue weighted by Gasteiger charge is 2.35. The van der Waals surface area contributed by atoms with E-state index in [4.69, 9.17) is 0 Å². The second kappa shape index (κ2) is 26.5. The number of hydrogen-bond donors (Lipinski definition) is 3. The number of nitrogens with one attached hydrogen (secondary N) is 2. The molecule has 20 heteroatoms. The van der Waals surface area contributed by atoms with Gasteiger partial charge in [-0.2, -0.15) is 5.11 Å². The zero-order chi connectivity index (χ0) is 52.6. The molecule has 0 heterocycles. The van der Waals surface area contributed by atoms with Crippen LogP contribution in [0.2, 0.25) is 0 Å². The number of unbranched alkanes of at least 4 members (excludes halogenated alkanes) is 15. The van der Waals surface area contributed by atoms with Gasteiger partial charge in [0.2, 0.25) is 21.8 Å². The Kier molecular flexibility index (Phi) is 21.8. The molecule has 0 spiro atoms. The van der Waals surface area contributed by atoms with E-state index in [9.17, 15) is 53.8 Å². The average Bonchev–Trinajstić information content (AvgIpc) is 3.29. The predicted octanol–water partition coefficient (Wildman–Crippen LogP) is 11.0. The number of amides is 2. The van der Waals surface area contributed by atoms with E-state index in [2.05, 4.69) is 27.8 Å². The van der Waals surface area contributed by atoms with E-state index in [0.717, 1.165) is 44.7 Å². The minimum Gasteiger partial charge on any atom is -0.744 e. The smallest absolute Gasteiger partial charge is 0.242 e. The molecule has 390 valence electrons. The van der Waals surface area contributed by atoms with Gasteiger partial charge in [0.05, 0.1) is 26.1 Å². The molecule has 0 aromatic heterocycles. The lowest BCUT2D eigenvalue weighted by molar-refractivity contribution is -0.136. The number of Topliss-reactive ketones (excluding diaryl/α,β-unsaturated/α-hetero) is 1. The maximum Gasteiger partial charge on any atom is 0.242 e. The monoisotopic (exact) mass is 1040 g/mol. The van der Waals surface area contributed by atoms with Crippen LogP contribution in [0, 0.1) is 11.3 Å². The van der Waals surface area contributed by atoms with Crippen molar-refractivity contribution >= 4 is 81.4 Å². The summed E-state index contributed by atoms with van der Waals surface area (Å²) in [6.45, 7) is 8.72. The topological polar surface area (TPSA) is 272 Å². The Bertz CT molecular complexity index is 2830. The van der Waals surface area contributed by atoms with Gasteiger partial charge in [0.15, 0.2) is 11.5 Å². The standard InChI is InChI=1S/C51H71N5O12S3/c1-7-8-9-10-11-12-13-14-15-16-17-18-19-20-21-22-31-56(6)69(61,62)41-29-27-39(28-30-41)53-50(60)43(49(59)51(3,4)5)32-37-23-25-40(26-24-37)54-55-47-45(71(66,67)68)34-38-33-42(70(63,64)65)35-44(52-36(2)57)46(38)48(47)58/h23-30,33-35,43,58H,7-22,31-32H2,1-6H3,(H,52,57)(H,53,60)(H,63,64,65)(H,66,67,68)/p-2. The van der Waals surface area contributed by atoms with Crippen LogP contribution >= 0.6 is 0 Å². The molecule has 0 aliphatic heterocycles. The van der Waals surface area contributed by atoms with Crippen LogP contribution in [0.15, 0.2) is 91.6 Å². The average molecular weight is 1040 g/mol. The molecule has 0 saturated carbocycles. The number of carbonyl (C=O) groups is 3. The maximum atomic E-state index is 13.8. The van der Waals surface area contributed by atoms with Gasteiger partial charge in [0.25, 0.3) is 0 Å². The van der Waals surface area contributed by atoms with Gasteiger partial charge in [-0.15, -0.1) is 5.11 Å². The van der Waals surface area contributed by atoms with Gasteiger partial charge in [-0.1, -0.05) is 136 Å². The number of aromatic hydroxyl groups is 1. The molecule has 0 aliphatic rings. The zero-order valence-electron chi connectivity index (χ0n) is 41.7. The number of fused-ring (bicyclic) bond motifs is 1. The minimum atomic E-state index is -5.41. The van der Waals surface area contributed by atoms with Crippen LogP contribution in [-0.2, 0) is 51.1 Å². The van der Waals surface area contributed by atoms with Crippen molar-refractivity contribution in [3.05, 3.63) is 72.3 Å². The highest BCUT2D eigenvalue weighted by atomic mass is 32.2. The number of anilines is 2. The number of phenols is 1. The fourth-order valence-electron chi connectivity index (χ4n) is 8.17. The van der Waals surface area contributed by atoms with Crippen LogP contribution in [0.4, 0.5) is 22.7 Å². The van der Waals surface area contributed by atoms with E-state index < -0.39 is 74.6 Å². The van der Waals surface area contributed by atoms with Gasteiger partial charge in [0, 0.05) is 37.0 Å². The van der Waals surface area contributed by atoms with Gasteiger partial charge >= 0.3 is 0 Å². The summed E-state index contributed by atoms with van der Waals surface area (Å²) >= 11 is 0. The van der Waals surface area contributed by atoms with Crippen LogP contribution < -0.4 is 10.6 Å². The van der Waals surface area contributed by atoms with Crippen molar-refractivity contribution in [2.24, 2.45) is 21.6 Å². The van der Waals surface area contributed by atoms with Crippen molar-refractivity contribution in [2.45, 2.75) is 158 Å². The van der Waals surface area contributed by atoms with Crippen LogP contribution in [0.3, 0.4) is 0 Å². The van der Waals surface area contributed by atoms with Crippen LogP contribution in [-0.4, -0.2) is 75.0 Å². The van der Waals surface area contributed by atoms with Gasteiger partial charge in [-0.25, -0.2) is 29.6 Å². The molecule has 71 heavy (non-hydrogen) atoms. The number of azo groups is 1. The summed E-state index contributed by atoms with van der Waals surface area (Å²) in [6, 6.07) is 13.9. The summed E-state index contributed by atoms with van der Waals surface area (Å²) < 4.78 is 101. The quantitative estimate of drug-likeness (QED) is 0.0198. The maximum absolute atomic E-state index is 13.8. The Morgan fingerprint density at radius 3 is 1.68 bits per heavy atom.